The van der Waals surface area contributed by atoms with Crippen molar-refractivity contribution in [3.8, 4) is 0 Å². The average molecular weight is 254 g/mol. The summed E-state index contributed by atoms with van der Waals surface area (Å²) in [7, 11) is 0. The van der Waals surface area contributed by atoms with Gasteiger partial charge >= 0.3 is 5.97 Å². The number of Topliss-reactive ketones (excluding diaryl/α,β-unsaturated/α-hetero) is 1. The maximum Gasteiger partial charge on any atom is 0.375 e. The van der Waals surface area contributed by atoms with E-state index < -0.39 is 48.9 Å². The van der Waals surface area contributed by atoms with Crippen LogP contribution >= 0.6 is 0 Å². The highest BCUT2D eigenvalue weighted by Crippen LogP contribution is 2.09. The van der Waals surface area contributed by atoms with Crippen molar-refractivity contribution in [2.75, 3.05) is 6.61 Å². The molecule has 0 amide bonds. The lowest BCUT2D eigenvalue weighted by atomic mass is 9.97. The third-order valence-electron chi connectivity index (χ3n) is 2.08. The summed E-state index contributed by atoms with van der Waals surface area (Å²) < 4.78 is 0. The Bertz CT molecular complexity index is 278. The Morgan fingerprint density at radius 1 is 0.882 bits per heavy atom. The number of aliphatic hydroxyl groups is 6. The molecule has 0 aliphatic carbocycles. The van der Waals surface area contributed by atoms with Gasteiger partial charge in [0.2, 0.25) is 0 Å². The molecular formula is C8H14O9. The zero-order valence-corrected chi connectivity index (χ0v) is 8.54. The Hall–Kier alpha value is -1.10. The number of hydrogen-bond donors (Lipinski definition) is 7. The molecule has 0 radical (unpaired) electrons. The molecule has 0 rings (SSSR count). The first kappa shape index (κ1) is 15.9. The molecule has 17 heavy (non-hydrogen) atoms. The van der Waals surface area contributed by atoms with E-state index in [0.717, 1.165) is 0 Å². The van der Waals surface area contributed by atoms with Gasteiger partial charge in [-0.2, -0.15) is 0 Å². The fourth-order valence-corrected chi connectivity index (χ4v) is 1.01. The SMILES string of the molecule is O=C(O)C(=O)[C@H](O)[C@@H](O)[C@H](O)[C@H](O)C(O)CO. The highest BCUT2D eigenvalue weighted by Gasteiger charge is 2.38. The molecule has 0 spiro atoms. The number of aliphatic carboxylic acids is 1. The second-order valence-corrected chi connectivity index (χ2v) is 3.34. The highest BCUT2D eigenvalue weighted by atomic mass is 16.4. The predicted octanol–water partition coefficient (Wildman–Crippen LogP) is -4.56. The van der Waals surface area contributed by atoms with Crippen LogP contribution in [-0.4, -0.2) is 84.6 Å². The number of carboxylic acid groups (broad SMARTS) is 1. The van der Waals surface area contributed by atoms with Gasteiger partial charge in [0.15, 0.2) is 6.10 Å². The van der Waals surface area contributed by atoms with Crippen molar-refractivity contribution >= 4 is 11.8 Å². The number of aliphatic hydroxyl groups excluding tert-OH is 6. The molecule has 5 atom stereocenters. The number of rotatable bonds is 7. The first-order valence-electron chi connectivity index (χ1n) is 4.52. The van der Waals surface area contributed by atoms with E-state index in [4.69, 9.17) is 25.5 Å². The second kappa shape index (κ2) is 6.59. The molecular weight excluding hydrogens is 240 g/mol. The minimum atomic E-state index is -2.46. The fourth-order valence-electron chi connectivity index (χ4n) is 1.01. The van der Waals surface area contributed by atoms with Crippen molar-refractivity contribution in [2.24, 2.45) is 0 Å². The summed E-state index contributed by atoms with van der Waals surface area (Å²) in [5, 5.41) is 62.2. The molecule has 0 saturated heterocycles. The zero-order valence-electron chi connectivity index (χ0n) is 8.54. The number of carbonyl (C=O) groups is 2. The maximum atomic E-state index is 10.7. The molecule has 9 heteroatoms. The summed E-state index contributed by atoms with van der Waals surface area (Å²) in [5.41, 5.74) is 0. The van der Waals surface area contributed by atoms with Gasteiger partial charge in [-0.05, 0) is 0 Å². The van der Waals surface area contributed by atoms with Crippen LogP contribution in [0.1, 0.15) is 0 Å². The molecule has 0 bridgehead atoms. The minimum Gasteiger partial charge on any atom is -0.475 e. The first-order valence-corrected chi connectivity index (χ1v) is 4.52. The molecule has 0 aliphatic heterocycles. The highest BCUT2D eigenvalue weighted by molar-refractivity contribution is 6.34. The Morgan fingerprint density at radius 2 is 1.35 bits per heavy atom. The molecule has 100 valence electrons. The second-order valence-electron chi connectivity index (χ2n) is 3.34. The first-order chi connectivity index (χ1) is 7.73. The maximum absolute atomic E-state index is 10.7. The average Bonchev–Trinajstić information content (AvgIpc) is 2.32. The van der Waals surface area contributed by atoms with E-state index in [-0.39, 0.29) is 0 Å². The van der Waals surface area contributed by atoms with Crippen LogP contribution in [0.2, 0.25) is 0 Å². The van der Waals surface area contributed by atoms with Gasteiger partial charge in [0, 0.05) is 0 Å². The van der Waals surface area contributed by atoms with Crippen LogP contribution in [0.25, 0.3) is 0 Å². The Morgan fingerprint density at radius 3 is 1.71 bits per heavy atom. The van der Waals surface area contributed by atoms with Crippen LogP contribution in [0.5, 0.6) is 0 Å². The van der Waals surface area contributed by atoms with Crippen molar-refractivity contribution in [1.82, 2.24) is 0 Å². The predicted molar refractivity (Wildman–Crippen MR) is 49.8 cm³/mol. The summed E-state index contributed by atoms with van der Waals surface area (Å²) >= 11 is 0. The van der Waals surface area contributed by atoms with Crippen LogP contribution in [0.3, 0.4) is 0 Å². The molecule has 0 aliphatic rings. The van der Waals surface area contributed by atoms with E-state index in [9.17, 15) is 19.8 Å². The van der Waals surface area contributed by atoms with Crippen molar-refractivity contribution in [3.63, 3.8) is 0 Å². The number of hydrogen-bond acceptors (Lipinski definition) is 8. The summed E-state index contributed by atoms with van der Waals surface area (Å²) in [6.07, 6.45) is -10.8. The number of carboxylic acids is 1. The summed E-state index contributed by atoms with van der Waals surface area (Å²) in [5.74, 6) is -3.80. The molecule has 0 aromatic rings. The smallest absolute Gasteiger partial charge is 0.375 e. The van der Waals surface area contributed by atoms with Gasteiger partial charge in [-0.3, -0.25) is 4.79 Å². The van der Waals surface area contributed by atoms with Crippen molar-refractivity contribution < 1.29 is 45.3 Å². The molecule has 1 unspecified atom stereocenters. The molecule has 0 heterocycles. The van der Waals surface area contributed by atoms with E-state index in [1.807, 2.05) is 0 Å². The minimum absolute atomic E-state index is 0.937. The van der Waals surface area contributed by atoms with Gasteiger partial charge < -0.3 is 35.7 Å². The van der Waals surface area contributed by atoms with Crippen molar-refractivity contribution in [1.29, 1.82) is 0 Å². The number of ketones is 1. The lowest BCUT2D eigenvalue weighted by Gasteiger charge is -2.27. The lowest BCUT2D eigenvalue weighted by molar-refractivity contribution is -0.166. The van der Waals surface area contributed by atoms with Gasteiger partial charge in [0.05, 0.1) is 6.61 Å². The topological polar surface area (TPSA) is 176 Å². The quantitative estimate of drug-likeness (QED) is 0.220. The van der Waals surface area contributed by atoms with Gasteiger partial charge in [0.1, 0.15) is 24.4 Å². The fraction of sp³-hybridized carbons (Fsp3) is 0.750. The molecule has 7 N–H and O–H groups in total. The van der Waals surface area contributed by atoms with Gasteiger partial charge in [-0.25, -0.2) is 4.79 Å². The van der Waals surface area contributed by atoms with E-state index >= 15 is 0 Å². The Labute approximate surface area is 95.2 Å². The van der Waals surface area contributed by atoms with E-state index in [0.29, 0.717) is 0 Å². The third-order valence-corrected chi connectivity index (χ3v) is 2.08. The molecule has 9 nitrogen and oxygen atoms in total. The molecule has 0 aromatic heterocycles. The van der Waals surface area contributed by atoms with Gasteiger partial charge in [-0.15, -0.1) is 0 Å². The lowest BCUT2D eigenvalue weighted by Crippen LogP contribution is -2.52. The van der Waals surface area contributed by atoms with Crippen molar-refractivity contribution in [2.45, 2.75) is 30.5 Å². The van der Waals surface area contributed by atoms with E-state index in [1.54, 1.807) is 0 Å². The summed E-state index contributed by atoms with van der Waals surface area (Å²) in [6, 6.07) is 0. The van der Waals surface area contributed by atoms with Crippen LogP contribution in [0.4, 0.5) is 0 Å². The Balaban J connectivity index is 4.64. The third kappa shape index (κ3) is 4.00. The van der Waals surface area contributed by atoms with E-state index in [2.05, 4.69) is 0 Å². The summed E-state index contributed by atoms with van der Waals surface area (Å²) in [4.78, 5) is 20.9. The normalized spacial score (nSPS) is 20.1. The van der Waals surface area contributed by atoms with Crippen LogP contribution < -0.4 is 0 Å². The van der Waals surface area contributed by atoms with Crippen LogP contribution in [0.15, 0.2) is 0 Å². The Kier molecular flexibility index (Phi) is 6.16. The number of carbonyl (C=O) groups excluding carboxylic acids is 1. The largest absolute Gasteiger partial charge is 0.475 e. The van der Waals surface area contributed by atoms with Gasteiger partial charge in [0.25, 0.3) is 5.78 Å². The van der Waals surface area contributed by atoms with E-state index in [1.165, 1.54) is 0 Å². The molecule has 0 fully saturated rings. The van der Waals surface area contributed by atoms with Crippen molar-refractivity contribution in [3.05, 3.63) is 0 Å². The zero-order chi connectivity index (χ0) is 13.7. The van der Waals surface area contributed by atoms with Gasteiger partial charge in [-0.1, -0.05) is 0 Å². The standard InChI is InChI=1S/C8H14O9/c9-1-2(10)3(11)4(12)5(13)6(14)7(15)8(16)17/h2-6,9-14H,1H2,(H,16,17)/t2?,3-,4-,5+,6-/m1/s1. The summed E-state index contributed by atoms with van der Waals surface area (Å²) in [6.45, 7) is -0.937. The monoisotopic (exact) mass is 254 g/mol. The van der Waals surface area contributed by atoms with Crippen LogP contribution in [0, 0.1) is 0 Å². The molecule has 0 saturated carbocycles. The molecule has 0 aromatic carbocycles. The van der Waals surface area contributed by atoms with Crippen LogP contribution in [-0.2, 0) is 9.59 Å².